The number of amides is 2. The summed E-state index contributed by atoms with van der Waals surface area (Å²) in [5, 5.41) is 0. The molecule has 2 amide bonds. The summed E-state index contributed by atoms with van der Waals surface area (Å²) in [6, 6.07) is 19.1. The van der Waals surface area contributed by atoms with Crippen LogP contribution in [-0.2, 0) is 16.1 Å². The molecular weight excluding hydrogens is 412 g/mol. The van der Waals surface area contributed by atoms with Gasteiger partial charge < -0.3 is 20.4 Å². The third kappa shape index (κ3) is 7.14. The summed E-state index contributed by atoms with van der Waals surface area (Å²) >= 11 is 0. The van der Waals surface area contributed by atoms with Crippen LogP contribution in [0, 0.1) is 0 Å². The lowest BCUT2D eigenvalue weighted by Gasteiger charge is -2.35. The van der Waals surface area contributed by atoms with Crippen LogP contribution >= 0.6 is 0 Å². The molecule has 33 heavy (non-hydrogen) atoms. The molecule has 0 radical (unpaired) electrons. The Morgan fingerprint density at radius 3 is 2.18 bits per heavy atom. The normalized spacial score (nSPS) is 16.0. The number of benzene rings is 2. The highest BCUT2D eigenvalue weighted by molar-refractivity contribution is 5.90. The minimum Gasteiger partial charge on any atom is -0.368 e. The van der Waals surface area contributed by atoms with Gasteiger partial charge >= 0.3 is 0 Å². The molecule has 1 fully saturated rings. The van der Waals surface area contributed by atoms with Crippen LogP contribution in [0.25, 0.3) is 0 Å². The number of carbonyl (C=O) groups excluding carboxylic acids is 2. The van der Waals surface area contributed by atoms with Gasteiger partial charge in [0.1, 0.15) is 6.04 Å². The van der Waals surface area contributed by atoms with Gasteiger partial charge in [-0.1, -0.05) is 67.6 Å². The molecule has 1 saturated heterocycles. The third-order valence-corrected chi connectivity index (χ3v) is 6.64. The zero-order valence-corrected chi connectivity index (χ0v) is 20.0. The Bertz CT molecular complexity index is 868. The van der Waals surface area contributed by atoms with Crippen LogP contribution in [0.1, 0.15) is 43.2 Å². The largest absolute Gasteiger partial charge is 0.368 e. The van der Waals surface area contributed by atoms with Crippen molar-refractivity contribution < 1.29 is 9.59 Å². The summed E-state index contributed by atoms with van der Waals surface area (Å²) in [6.45, 7) is 6.64. The van der Waals surface area contributed by atoms with E-state index in [1.165, 1.54) is 12.8 Å². The zero-order chi connectivity index (χ0) is 23.6. The van der Waals surface area contributed by atoms with Crippen molar-refractivity contribution in [2.75, 3.05) is 39.8 Å². The molecule has 2 aromatic rings. The number of hydrogen-bond acceptors (Lipinski definition) is 4. The molecular formula is C27H38N4O2. The SMILES string of the molecule is CCN(C)CC(C(N)=O)N(Cc1ccccc1)C(=O)C(CCN1CCCC1)c1ccccc1. The summed E-state index contributed by atoms with van der Waals surface area (Å²) < 4.78 is 0. The molecule has 6 heteroatoms. The van der Waals surface area contributed by atoms with Crippen LogP contribution in [0.5, 0.6) is 0 Å². The van der Waals surface area contributed by atoms with E-state index in [0.717, 1.165) is 43.7 Å². The molecule has 1 aliphatic rings. The average Bonchev–Trinajstić information content (AvgIpc) is 3.36. The molecule has 1 aliphatic heterocycles. The minimum absolute atomic E-state index is 0.0300. The van der Waals surface area contributed by atoms with Gasteiger partial charge in [0, 0.05) is 13.1 Å². The van der Waals surface area contributed by atoms with Gasteiger partial charge in [-0.25, -0.2) is 0 Å². The highest BCUT2D eigenvalue weighted by atomic mass is 16.2. The maximum Gasteiger partial charge on any atom is 0.241 e. The van der Waals surface area contributed by atoms with Crippen LogP contribution in [0.15, 0.2) is 60.7 Å². The Balaban J connectivity index is 1.92. The topological polar surface area (TPSA) is 69.9 Å². The second kappa shape index (κ2) is 12.5. The second-order valence-corrected chi connectivity index (χ2v) is 9.03. The van der Waals surface area contributed by atoms with E-state index in [0.29, 0.717) is 13.1 Å². The van der Waals surface area contributed by atoms with Gasteiger partial charge in [-0.15, -0.1) is 0 Å². The Morgan fingerprint density at radius 2 is 1.61 bits per heavy atom. The van der Waals surface area contributed by atoms with E-state index in [4.69, 9.17) is 5.73 Å². The monoisotopic (exact) mass is 450 g/mol. The lowest BCUT2D eigenvalue weighted by atomic mass is 9.92. The summed E-state index contributed by atoms with van der Waals surface area (Å²) in [6.07, 6.45) is 3.16. The molecule has 2 unspecified atom stereocenters. The summed E-state index contributed by atoms with van der Waals surface area (Å²) in [7, 11) is 1.95. The first-order valence-corrected chi connectivity index (χ1v) is 12.1. The average molecular weight is 451 g/mol. The van der Waals surface area contributed by atoms with E-state index in [9.17, 15) is 9.59 Å². The van der Waals surface area contributed by atoms with E-state index in [-0.39, 0.29) is 11.8 Å². The van der Waals surface area contributed by atoms with Crippen molar-refractivity contribution in [3.8, 4) is 0 Å². The fraction of sp³-hybridized carbons (Fsp3) is 0.481. The van der Waals surface area contributed by atoms with E-state index in [1.807, 2.05) is 79.5 Å². The van der Waals surface area contributed by atoms with Crippen molar-refractivity contribution in [2.45, 2.75) is 44.7 Å². The fourth-order valence-corrected chi connectivity index (χ4v) is 4.52. The van der Waals surface area contributed by atoms with Crippen LogP contribution in [0.3, 0.4) is 0 Å². The van der Waals surface area contributed by atoms with Crippen LogP contribution in [-0.4, -0.2) is 72.3 Å². The predicted molar refractivity (Wildman–Crippen MR) is 133 cm³/mol. The van der Waals surface area contributed by atoms with Crippen molar-refractivity contribution >= 4 is 11.8 Å². The lowest BCUT2D eigenvalue weighted by molar-refractivity contribution is -0.142. The van der Waals surface area contributed by atoms with E-state index < -0.39 is 11.9 Å². The molecule has 2 atom stereocenters. The Kier molecular flexibility index (Phi) is 9.46. The van der Waals surface area contributed by atoms with Crippen molar-refractivity contribution in [2.24, 2.45) is 5.73 Å². The molecule has 0 saturated carbocycles. The maximum atomic E-state index is 14.1. The minimum atomic E-state index is -0.694. The fourth-order valence-electron chi connectivity index (χ4n) is 4.52. The van der Waals surface area contributed by atoms with Gasteiger partial charge in [-0.05, 0) is 63.6 Å². The number of hydrogen-bond donors (Lipinski definition) is 1. The van der Waals surface area contributed by atoms with Gasteiger partial charge in [-0.2, -0.15) is 0 Å². The maximum absolute atomic E-state index is 14.1. The summed E-state index contributed by atoms with van der Waals surface area (Å²) in [5.41, 5.74) is 7.86. The predicted octanol–water partition coefficient (Wildman–Crippen LogP) is 3.09. The van der Waals surface area contributed by atoms with E-state index >= 15 is 0 Å². The van der Waals surface area contributed by atoms with Gasteiger partial charge in [-0.3, -0.25) is 9.59 Å². The molecule has 3 rings (SSSR count). The lowest BCUT2D eigenvalue weighted by Crippen LogP contribution is -2.54. The quantitative estimate of drug-likeness (QED) is 0.540. The second-order valence-electron chi connectivity index (χ2n) is 9.03. The standard InChI is InChI=1S/C27H38N4O2/c1-3-29(2)21-25(26(28)32)31(20-22-12-6-4-7-13-22)27(33)24(23-14-8-5-9-15-23)16-19-30-17-10-11-18-30/h4-9,12-15,24-25H,3,10-11,16-21H2,1-2H3,(H2,28,32). The molecule has 0 bridgehead atoms. The van der Waals surface area contributed by atoms with Gasteiger partial charge in [0.15, 0.2) is 0 Å². The Hall–Kier alpha value is -2.70. The summed E-state index contributed by atoms with van der Waals surface area (Å²) in [5.74, 6) is -0.812. The smallest absolute Gasteiger partial charge is 0.241 e. The van der Waals surface area contributed by atoms with E-state index in [2.05, 4.69) is 4.90 Å². The van der Waals surface area contributed by atoms with Gasteiger partial charge in [0.25, 0.3) is 0 Å². The first kappa shape index (κ1) is 24.9. The number of likely N-dealkylation sites (N-methyl/N-ethyl adjacent to an activating group) is 1. The number of primary amides is 1. The molecule has 2 aromatic carbocycles. The van der Waals surface area contributed by atoms with Gasteiger partial charge in [0.2, 0.25) is 11.8 Å². The van der Waals surface area contributed by atoms with Crippen LogP contribution in [0.4, 0.5) is 0 Å². The molecule has 178 valence electrons. The molecule has 1 heterocycles. The number of nitrogens with two attached hydrogens (primary N) is 1. The third-order valence-electron chi connectivity index (χ3n) is 6.64. The molecule has 6 nitrogen and oxygen atoms in total. The number of carbonyl (C=O) groups is 2. The highest BCUT2D eigenvalue weighted by Crippen LogP contribution is 2.26. The number of rotatable bonds is 12. The first-order chi connectivity index (χ1) is 16.0. The van der Waals surface area contributed by atoms with Crippen molar-refractivity contribution in [3.05, 3.63) is 71.8 Å². The zero-order valence-electron chi connectivity index (χ0n) is 20.0. The van der Waals surface area contributed by atoms with Crippen LogP contribution in [0.2, 0.25) is 0 Å². The molecule has 0 aliphatic carbocycles. The molecule has 0 spiro atoms. The number of likely N-dealkylation sites (tertiary alicyclic amines) is 1. The highest BCUT2D eigenvalue weighted by Gasteiger charge is 2.34. The Labute approximate surface area is 198 Å². The molecule has 0 aromatic heterocycles. The van der Waals surface area contributed by atoms with E-state index in [1.54, 1.807) is 4.90 Å². The van der Waals surface area contributed by atoms with Crippen molar-refractivity contribution in [1.29, 1.82) is 0 Å². The van der Waals surface area contributed by atoms with Gasteiger partial charge in [0.05, 0.1) is 5.92 Å². The first-order valence-electron chi connectivity index (χ1n) is 12.1. The summed E-state index contributed by atoms with van der Waals surface area (Å²) in [4.78, 5) is 32.9. The number of nitrogens with zero attached hydrogens (tertiary/aromatic N) is 3. The molecule has 2 N–H and O–H groups in total. The van der Waals surface area contributed by atoms with Crippen LogP contribution < -0.4 is 5.73 Å². The Morgan fingerprint density at radius 1 is 1.00 bits per heavy atom. The van der Waals surface area contributed by atoms with Crippen molar-refractivity contribution in [1.82, 2.24) is 14.7 Å². The van der Waals surface area contributed by atoms with Crippen molar-refractivity contribution in [3.63, 3.8) is 0 Å².